The van der Waals surface area contributed by atoms with Crippen LogP contribution in [-0.4, -0.2) is 17.5 Å². The van der Waals surface area contributed by atoms with Crippen molar-refractivity contribution in [2.75, 3.05) is 11.9 Å². The molecule has 0 atom stereocenters. The molecule has 0 aliphatic heterocycles. The van der Waals surface area contributed by atoms with Gasteiger partial charge in [0.25, 0.3) is 0 Å². The fourth-order valence-corrected chi connectivity index (χ4v) is 3.45. The third-order valence-corrected chi connectivity index (χ3v) is 4.90. The lowest BCUT2D eigenvalue weighted by Crippen LogP contribution is -2.07. The van der Waals surface area contributed by atoms with Crippen LogP contribution >= 0.6 is 22.9 Å². The third-order valence-electron chi connectivity index (χ3n) is 3.76. The Kier molecular flexibility index (Phi) is 6.27. The van der Waals surface area contributed by atoms with E-state index in [0.29, 0.717) is 16.8 Å². The van der Waals surface area contributed by atoms with Gasteiger partial charge in [-0.3, -0.25) is 10.1 Å². The lowest BCUT2D eigenvalue weighted by Gasteiger charge is -2.04. The van der Waals surface area contributed by atoms with Crippen LogP contribution in [-0.2, 0) is 4.79 Å². The molecule has 0 bridgehead atoms. The number of anilines is 1. The Morgan fingerprint density at radius 1 is 1.19 bits per heavy atom. The van der Waals surface area contributed by atoms with Gasteiger partial charge in [0.05, 0.1) is 12.3 Å². The molecule has 1 aromatic heterocycles. The third kappa shape index (κ3) is 5.18. The van der Waals surface area contributed by atoms with E-state index in [1.54, 1.807) is 18.2 Å². The number of nitrogens with one attached hydrogen (secondary N) is 1. The normalized spacial score (nSPS) is 10.9. The van der Waals surface area contributed by atoms with Gasteiger partial charge in [-0.05, 0) is 61.9 Å². The summed E-state index contributed by atoms with van der Waals surface area (Å²) >= 11 is 7.31. The summed E-state index contributed by atoms with van der Waals surface area (Å²) in [6.07, 6.45) is 3.22. The number of hydrogen-bond donors (Lipinski definition) is 1. The van der Waals surface area contributed by atoms with Gasteiger partial charge in [0.2, 0.25) is 5.91 Å². The second-order valence-corrected chi connectivity index (χ2v) is 7.39. The van der Waals surface area contributed by atoms with Crippen molar-refractivity contribution in [2.24, 2.45) is 0 Å². The molecule has 6 heteroatoms. The second-order valence-electron chi connectivity index (χ2n) is 5.76. The van der Waals surface area contributed by atoms with Crippen LogP contribution in [0.3, 0.4) is 0 Å². The molecule has 3 rings (SSSR count). The number of benzene rings is 2. The SMILES string of the molecule is CCOc1ccc(-c2nc(NC(=O)/C=C/c3ccc(Cl)cc3)sc2C)cc1. The van der Waals surface area contributed by atoms with Crippen LogP contribution in [0.5, 0.6) is 5.75 Å². The molecule has 0 aliphatic rings. The van der Waals surface area contributed by atoms with Gasteiger partial charge in [0, 0.05) is 21.5 Å². The van der Waals surface area contributed by atoms with Crippen LogP contribution in [0.25, 0.3) is 17.3 Å². The van der Waals surface area contributed by atoms with Gasteiger partial charge >= 0.3 is 0 Å². The number of aromatic nitrogens is 1. The van der Waals surface area contributed by atoms with Crippen molar-refractivity contribution in [1.82, 2.24) is 4.98 Å². The van der Waals surface area contributed by atoms with E-state index in [1.165, 1.54) is 17.4 Å². The Hall–Kier alpha value is -2.63. The molecule has 0 fully saturated rings. The average Bonchev–Trinajstić information content (AvgIpc) is 3.02. The van der Waals surface area contributed by atoms with Crippen molar-refractivity contribution in [3.8, 4) is 17.0 Å². The van der Waals surface area contributed by atoms with Crippen molar-refractivity contribution in [1.29, 1.82) is 0 Å². The van der Waals surface area contributed by atoms with Crippen LogP contribution in [0.4, 0.5) is 5.13 Å². The van der Waals surface area contributed by atoms with Crippen molar-refractivity contribution >= 4 is 40.1 Å². The zero-order valence-corrected chi connectivity index (χ0v) is 16.6. The van der Waals surface area contributed by atoms with Crippen LogP contribution in [0.1, 0.15) is 17.4 Å². The number of halogens is 1. The predicted molar refractivity (Wildman–Crippen MR) is 113 cm³/mol. The molecular weight excluding hydrogens is 380 g/mol. The Morgan fingerprint density at radius 3 is 2.56 bits per heavy atom. The summed E-state index contributed by atoms with van der Waals surface area (Å²) in [4.78, 5) is 17.7. The van der Waals surface area contributed by atoms with E-state index < -0.39 is 0 Å². The Labute approximate surface area is 167 Å². The van der Waals surface area contributed by atoms with Crippen molar-refractivity contribution in [2.45, 2.75) is 13.8 Å². The van der Waals surface area contributed by atoms with Crippen molar-refractivity contribution in [3.63, 3.8) is 0 Å². The van der Waals surface area contributed by atoms with Crippen LogP contribution < -0.4 is 10.1 Å². The predicted octanol–water partition coefficient (Wildman–Crippen LogP) is 5.82. The highest BCUT2D eigenvalue weighted by molar-refractivity contribution is 7.16. The maximum absolute atomic E-state index is 12.2. The van der Waals surface area contributed by atoms with E-state index in [1.807, 2.05) is 50.2 Å². The quantitative estimate of drug-likeness (QED) is 0.532. The monoisotopic (exact) mass is 398 g/mol. The number of amides is 1. The van der Waals surface area contributed by atoms with Gasteiger partial charge in [-0.2, -0.15) is 0 Å². The maximum Gasteiger partial charge on any atom is 0.250 e. The summed E-state index contributed by atoms with van der Waals surface area (Å²) in [5, 5.41) is 4.05. The molecule has 0 radical (unpaired) electrons. The number of aryl methyl sites for hydroxylation is 1. The molecule has 27 heavy (non-hydrogen) atoms. The maximum atomic E-state index is 12.2. The van der Waals surface area contributed by atoms with Crippen LogP contribution in [0, 0.1) is 6.92 Å². The van der Waals surface area contributed by atoms with E-state index in [2.05, 4.69) is 10.3 Å². The number of nitrogens with zero attached hydrogens (tertiary/aromatic N) is 1. The summed E-state index contributed by atoms with van der Waals surface area (Å²) in [6, 6.07) is 15.1. The van der Waals surface area contributed by atoms with Gasteiger partial charge in [-0.25, -0.2) is 4.98 Å². The van der Waals surface area contributed by atoms with Crippen molar-refractivity contribution < 1.29 is 9.53 Å². The summed E-state index contributed by atoms with van der Waals surface area (Å²) in [7, 11) is 0. The highest BCUT2D eigenvalue weighted by atomic mass is 35.5. The first kappa shape index (κ1) is 19.1. The van der Waals surface area contributed by atoms with E-state index in [-0.39, 0.29) is 5.91 Å². The number of carbonyl (C=O) groups is 1. The van der Waals surface area contributed by atoms with E-state index in [9.17, 15) is 4.79 Å². The van der Waals surface area contributed by atoms with Gasteiger partial charge in [-0.15, -0.1) is 11.3 Å². The zero-order chi connectivity index (χ0) is 19.2. The molecule has 4 nitrogen and oxygen atoms in total. The first-order chi connectivity index (χ1) is 13.0. The lowest BCUT2D eigenvalue weighted by molar-refractivity contribution is -0.111. The fourth-order valence-electron chi connectivity index (χ4n) is 2.49. The Balaban J connectivity index is 1.68. The molecule has 0 saturated heterocycles. The fraction of sp³-hybridized carbons (Fsp3) is 0.143. The van der Waals surface area contributed by atoms with E-state index >= 15 is 0 Å². The highest BCUT2D eigenvalue weighted by Crippen LogP contribution is 2.31. The number of carbonyl (C=O) groups excluding carboxylic acids is 1. The molecule has 138 valence electrons. The minimum absolute atomic E-state index is 0.225. The largest absolute Gasteiger partial charge is 0.494 e. The minimum atomic E-state index is -0.225. The molecule has 1 heterocycles. The number of ether oxygens (including phenoxy) is 1. The second kappa shape index (κ2) is 8.84. The van der Waals surface area contributed by atoms with Gasteiger partial charge in [0.1, 0.15) is 5.75 Å². The molecule has 0 unspecified atom stereocenters. The summed E-state index contributed by atoms with van der Waals surface area (Å²) in [6.45, 7) is 4.58. The van der Waals surface area contributed by atoms with Crippen LogP contribution in [0.2, 0.25) is 5.02 Å². The van der Waals surface area contributed by atoms with E-state index in [0.717, 1.165) is 27.4 Å². The summed E-state index contributed by atoms with van der Waals surface area (Å²) < 4.78 is 5.46. The molecule has 0 spiro atoms. The molecule has 1 amide bonds. The van der Waals surface area contributed by atoms with Crippen molar-refractivity contribution in [3.05, 3.63) is 70.1 Å². The molecule has 0 aliphatic carbocycles. The smallest absolute Gasteiger partial charge is 0.250 e. The molecule has 0 saturated carbocycles. The standard InChI is InChI=1S/C21H19ClN2O2S/c1-3-26-18-11-7-16(8-12-18)20-14(2)27-21(24-20)23-19(25)13-6-15-4-9-17(22)10-5-15/h4-13H,3H2,1-2H3,(H,23,24,25)/b13-6+. The van der Waals surface area contributed by atoms with Gasteiger partial charge in [0.15, 0.2) is 5.13 Å². The number of thiazole rings is 1. The van der Waals surface area contributed by atoms with Gasteiger partial charge in [-0.1, -0.05) is 23.7 Å². The highest BCUT2D eigenvalue weighted by Gasteiger charge is 2.11. The summed E-state index contributed by atoms with van der Waals surface area (Å²) in [5.41, 5.74) is 2.75. The van der Waals surface area contributed by atoms with Crippen LogP contribution in [0.15, 0.2) is 54.6 Å². The molecule has 1 N–H and O–H groups in total. The Bertz CT molecular complexity index is 947. The Morgan fingerprint density at radius 2 is 1.89 bits per heavy atom. The van der Waals surface area contributed by atoms with E-state index in [4.69, 9.17) is 16.3 Å². The number of rotatable bonds is 6. The van der Waals surface area contributed by atoms with Gasteiger partial charge < -0.3 is 4.74 Å². The lowest BCUT2D eigenvalue weighted by atomic mass is 10.1. The first-order valence-corrected chi connectivity index (χ1v) is 9.70. The number of hydrogen-bond acceptors (Lipinski definition) is 4. The topological polar surface area (TPSA) is 51.2 Å². The summed E-state index contributed by atoms with van der Waals surface area (Å²) in [5.74, 6) is 0.604. The molecule has 3 aromatic rings. The first-order valence-electron chi connectivity index (χ1n) is 8.50. The average molecular weight is 399 g/mol. The minimum Gasteiger partial charge on any atom is -0.494 e. The zero-order valence-electron chi connectivity index (χ0n) is 15.0. The molecular formula is C21H19ClN2O2S. The molecule has 2 aromatic carbocycles.